The van der Waals surface area contributed by atoms with E-state index >= 15 is 0 Å². The lowest BCUT2D eigenvalue weighted by atomic mass is 9.87. The van der Waals surface area contributed by atoms with Crippen LogP contribution >= 0.6 is 11.6 Å². The van der Waals surface area contributed by atoms with Crippen molar-refractivity contribution in [2.24, 2.45) is 10.7 Å². The van der Waals surface area contributed by atoms with Crippen molar-refractivity contribution in [1.82, 2.24) is 4.90 Å². The van der Waals surface area contributed by atoms with Gasteiger partial charge in [-0.3, -0.25) is 9.69 Å². The van der Waals surface area contributed by atoms with Crippen molar-refractivity contribution in [3.8, 4) is 0 Å². The van der Waals surface area contributed by atoms with E-state index in [-0.39, 0.29) is 18.3 Å². The van der Waals surface area contributed by atoms with Gasteiger partial charge in [0.05, 0.1) is 12.0 Å². The maximum Gasteiger partial charge on any atom is 0.231 e. The van der Waals surface area contributed by atoms with Crippen LogP contribution in [0.3, 0.4) is 0 Å². The fourth-order valence-electron chi connectivity index (χ4n) is 2.02. The maximum absolute atomic E-state index is 11.9. The van der Waals surface area contributed by atoms with Crippen molar-refractivity contribution < 1.29 is 4.79 Å². The molecule has 0 aliphatic carbocycles. The summed E-state index contributed by atoms with van der Waals surface area (Å²) in [6.45, 7) is 1.82. The van der Waals surface area contributed by atoms with Crippen LogP contribution in [0.5, 0.6) is 0 Å². The first-order valence-corrected chi connectivity index (χ1v) is 5.89. The molecule has 2 rings (SSSR count). The van der Waals surface area contributed by atoms with Crippen LogP contribution in [-0.2, 0) is 10.3 Å². The molecular weight excluding hydrogens is 252 g/mol. The molecule has 0 aromatic heterocycles. The summed E-state index contributed by atoms with van der Waals surface area (Å²) in [5, 5.41) is 0.528. The number of halogens is 1. The molecule has 0 saturated heterocycles. The lowest BCUT2D eigenvalue weighted by Gasteiger charge is -2.34. The SMILES string of the molecule is CN1C(=O)C[C@@](C)(c2cc(N)ccc2Cl)N=C1N. The molecule has 0 saturated carbocycles. The van der Waals surface area contributed by atoms with Crippen LogP contribution in [-0.4, -0.2) is 23.8 Å². The van der Waals surface area contributed by atoms with Gasteiger partial charge in [0.15, 0.2) is 5.96 Å². The lowest BCUT2D eigenvalue weighted by molar-refractivity contribution is -0.128. The molecule has 0 radical (unpaired) electrons. The van der Waals surface area contributed by atoms with Crippen molar-refractivity contribution in [1.29, 1.82) is 0 Å². The van der Waals surface area contributed by atoms with E-state index in [2.05, 4.69) is 4.99 Å². The largest absolute Gasteiger partial charge is 0.399 e. The van der Waals surface area contributed by atoms with Crippen LogP contribution in [0.2, 0.25) is 5.02 Å². The minimum atomic E-state index is -0.764. The summed E-state index contributed by atoms with van der Waals surface area (Å²) in [4.78, 5) is 17.6. The van der Waals surface area contributed by atoms with Gasteiger partial charge in [-0.1, -0.05) is 11.6 Å². The number of carbonyl (C=O) groups is 1. The van der Waals surface area contributed by atoms with Gasteiger partial charge in [0, 0.05) is 23.3 Å². The monoisotopic (exact) mass is 266 g/mol. The number of nitrogen functional groups attached to an aromatic ring is 1. The van der Waals surface area contributed by atoms with Crippen LogP contribution in [0, 0.1) is 0 Å². The van der Waals surface area contributed by atoms with E-state index in [1.165, 1.54) is 4.90 Å². The number of amides is 1. The molecular formula is C12H15ClN4O. The zero-order valence-corrected chi connectivity index (χ0v) is 11.0. The Labute approximate surface area is 110 Å². The summed E-state index contributed by atoms with van der Waals surface area (Å²) in [5.74, 6) is 0.0933. The van der Waals surface area contributed by atoms with Gasteiger partial charge in [0.25, 0.3) is 0 Å². The Kier molecular flexibility index (Phi) is 2.94. The number of nitrogens with two attached hydrogens (primary N) is 2. The van der Waals surface area contributed by atoms with Gasteiger partial charge in [-0.2, -0.15) is 0 Å². The van der Waals surface area contributed by atoms with E-state index in [4.69, 9.17) is 23.1 Å². The van der Waals surface area contributed by atoms with Gasteiger partial charge >= 0.3 is 0 Å². The molecule has 0 bridgehead atoms. The molecule has 1 aromatic carbocycles. The molecule has 1 aliphatic heterocycles. The number of hydrogen-bond acceptors (Lipinski definition) is 4. The van der Waals surface area contributed by atoms with Gasteiger partial charge in [-0.25, -0.2) is 4.99 Å². The van der Waals surface area contributed by atoms with E-state index < -0.39 is 5.54 Å². The summed E-state index contributed by atoms with van der Waals surface area (Å²) in [5.41, 5.74) is 12.0. The van der Waals surface area contributed by atoms with Gasteiger partial charge in [0.2, 0.25) is 5.91 Å². The van der Waals surface area contributed by atoms with Crippen molar-refractivity contribution in [3.05, 3.63) is 28.8 Å². The average Bonchev–Trinajstić information content (AvgIpc) is 2.29. The van der Waals surface area contributed by atoms with E-state index in [0.29, 0.717) is 16.3 Å². The number of aliphatic imine (C=N–C) groups is 1. The summed E-state index contributed by atoms with van der Waals surface area (Å²) in [6, 6.07) is 5.14. The van der Waals surface area contributed by atoms with Crippen LogP contribution in [0.1, 0.15) is 18.9 Å². The highest BCUT2D eigenvalue weighted by molar-refractivity contribution is 6.31. The first-order valence-electron chi connectivity index (χ1n) is 5.51. The normalized spacial score (nSPS) is 24.1. The zero-order chi connectivity index (χ0) is 13.5. The summed E-state index contributed by atoms with van der Waals surface area (Å²) < 4.78 is 0. The number of benzene rings is 1. The standard InChI is InChI=1S/C12H15ClN4O/c1-12(6-10(18)17(2)11(15)16-12)8-5-7(14)3-4-9(8)13/h3-5H,6,14H2,1-2H3,(H2,15,16)/t12-/m0/s1. The second-order valence-corrected chi connectivity index (χ2v) is 5.02. The summed E-state index contributed by atoms with van der Waals surface area (Å²) >= 11 is 6.16. The molecule has 1 amide bonds. The quantitative estimate of drug-likeness (QED) is 0.752. The molecule has 4 N–H and O–H groups in total. The summed E-state index contributed by atoms with van der Waals surface area (Å²) in [6.07, 6.45) is 0.216. The van der Waals surface area contributed by atoms with Crippen molar-refractivity contribution in [2.75, 3.05) is 12.8 Å². The Hall–Kier alpha value is -1.75. The van der Waals surface area contributed by atoms with E-state index in [1.807, 2.05) is 6.92 Å². The van der Waals surface area contributed by atoms with Gasteiger partial charge in [0.1, 0.15) is 0 Å². The third-order valence-corrected chi connectivity index (χ3v) is 3.47. The fraction of sp³-hybridized carbons (Fsp3) is 0.333. The minimum absolute atomic E-state index is 0.0940. The molecule has 1 heterocycles. The molecule has 1 aliphatic rings. The molecule has 18 heavy (non-hydrogen) atoms. The van der Waals surface area contributed by atoms with Crippen LogP contribution in [0.4, 0.5) is 5.69 Å². The number of guanidine groups is 1. The van der Waals surface area contributed by atoms with Crippen LogP contribution < -0.4 is 11.5 Å². The Morgan fingerprint density at radius 1 is 1.44 bits per heavy atom. The summed E-state index contributed by atoms with van der Waals surface area (Å²) in [7, 11) is 1.60. The number of carbonyl (C=O) groups excluding carboxylic acids is 1. The third kappa shape index (κ3) is 2.01. The lowest BCUT2D eigenvalue weighted by Crippen LogP contribution is -2.47. The Balaban J connectivity index is 2.55. The first-order chi connectivity index (χ1) is 8.33. The smallest absolute Gasteiger partial charge is 0.231 e. The predicted molar refractivity (Wildman–Crippen MR) is 72.2 cm³/mol. The molecule has 0 fully saturated rings. The van der Waals surface area contributed by atoms with Crippen molar-refractivity contribution in [2.45, 2.75) is 18.9 Å². The Morgan fingerprint density at radius 2 is 2.11 bits per heavy atom. The van der Waals surface area contributed by atoms with E-state index in [9.17, 15) is 4.79 Å². The molecule has 1 aromatic rings. The predicted octanol–water partition coefficient (Wildman–Crippen LogP) is 1.31. The number of rotatable bonds is 1. The molecule has 0 spiro atoms. The van der Waals surface area contributed by atoms with Crippen molar-refractivity contribution >= 4 is 29.2 Å². The van der Waals surface area contributed by atoms with Gasteiger partial charge in [-0.15, -0.1) is 0 Å². The first kappa shape index (κ1) is 12.7. The highest BCUT2D eigenvalue weighted by atomic mass is 35.5. The van der Waals surface area contributed by atoms with E-state index in [1.54, 1.807) is 25.2 Å². The van der Waals surface area contributed by atoms with Gasteiger partial charge in [-0.05, 0) is 25.1 Å². The molecule has 0 unspecified atom stereocenters. The molecule has 6 heteroatoms. The molecule has 1 atom stereocenters. The fourth-order valence-corrected chi connectivity index (χ4v) is 2.34. The zero-order valence-electron chi connectivity index (χ0n) is 10.3. The highest BCUT2D eigenvalue weighted by Crippen LogP contribution is 2.37. The second-order valence-electron chi connectivity index (χ2n) is 4.61. The van der Waals surface area contributed by atoms with Crippen molar-refractivity contribution in [3.63, 3.8) is 0 Å². The number of hydrogen-bond donors (Lipinski definition) is 2. The van der Waals surface area contributed by atoms with E-state index in [0.717, 1.165) is 0 Å². The second kappa shape index (κ2) is 4.17. The van der Waals surface area contributed by atoms with Crippen LogP contribution in [0.25, 0.3) is 0 Å². The minimum Gasteiger partial charge on any atom is -0.399 e. The van der Waals surface area contributed by atoms with Crippen LogP contribution in [0.15, 0.2) is 23.2 Å². The highest BCUT2D eigenvalue weighted by Gasteiger charge is 2.37. The Morgan fingerprint density at radius 3 is 2.72 bits per heavy atom. The number of anilines is 1. The topological polar surface area (TPSA) is 84.7 Å². The molecule has 96 valence electrons. The van der Waals surface area contributed by atoms with Gasteiger partial charge < -0.3 is 11.5 Å². The third-order valence-electron chi connectivity index (χ3n) is 3.15. The molecule has 5 nitrogen and oxygen atoms in total. The average molecular weight is 267 g/mol. The number of nitrogens with zero attached hydrogens (tertiary/aromatic N) is 2. The Bertz CT molecular complexity index is 543. The maximum atomic E-state index is 11.9.